The van der Waals surface area contributed by atoms with Gasteiger partial charge in [0, 0.05) is 24.9 Å². The molecule has 1 N–H and O–H groups in total. The van der Waals surface area contributed by atoms with Gasteiger partial charge in [0.15, 0.2) is 0 Å². The number of nitrogens with zero attached hydrogens (tertiary/aromatic N) is 2. The minimum Gasteiger partial charge on any atom is -0.496 e. The van der Waals surface area contributed by atoms with E-state index in [0.29, 0.717) is 12.3 Å². The Labute approximate surface area is 99.0 Å². The van der Waals surface area contributed by atoms with Gasteiger partial charge in [-0.25, -0.2) is 4.39 Å². The molecule has 0 amide bonds. The Kier molecular flexibility index (Phi) is 3.27. The van der Waals surface area contributed by atoms with Gasteiger partial charge in [-0.05, 0) is 6.07 Å². The average Bonchev–Trinajstić information content (AvgIpc) is 2.79. The Morgan fingerprint density at radius 3 is 2.94 bits per heavy atom. The fourth-order valence-corrected chi connectivity index (χ4v) is 1.60. The second-order valence-electron chi connectivity index (χ2n) is 3.63. The van der Waals surface area contributed by atoms with Crippen molar-refractivity contribution in [1.29, 1.82) is 0 Å². The van der Waals surface area contributed by atoms with Gasteiger partial charge in [0.1, 0.15) is 11.6 Å². The summed E-state index contributed by atoms with van der Waals surface area (Å²) in [5.41, 5.74) is 1.82. The maximum Gasteiger partial charge on any atom is 0.126 e. The summed E-state index contributed by atoms with van der Waals surface area (Å²) < 4.78 is 19.9. The molecule has 0 aliphatic rings. The molecule has 1 aromatic heterocycles. The van der Waals surface area contributed by atoms with Gasteiger partial charge in [0.05, 0.1) is 25.5 Å². The number of aromatic nitrogens is 2. The van der Waals surface area contributed by atoms with Crippen LogP contribution in [-0.2, 0) is 6.54 Å². The molecule has 0 fully saturated rings. The van der Waals surface area contributed by atoms with Crippen LogP contribution in [0.5, 0.6) is 5.75 Å². The lowest BCUT2D eigenvalue weighted by atomic mass is 10.2. The first-order valence-electron chi connectivity index (χ1n) is 5.25. The van der Waals surface area contributed by atoms with Gasteiger partial charge in [-0.2, -0.15) is 5.10 Å². The van der Waals surface area contributed by atoms with E-state index in [-0.39, 0.29) is 5.82 Å². The average molecular weight is 235 g/mol. The van der Waals surface area contributed by atoms with Crippen LogP contribution in [0.4, 0.5) is 10.1 Å². The molecule has 90 valence electrons. The van der Waals surface area contributed by atoms with E-state index >= 15 is 0 Å². The number of methoxy groups -OCH3 is 1. The highest BCUT2D eigenvalue weighted by atomic mass is 19.1. The quantitative estimate of drug-likeness (QED) is 0.882. The van der Waals surface area contributed by atoms with E-state index in [4.69, 9.17) is 4.74 Å². The molecule has 1 heterocycles. The van der Waals surface area contributed by atoms with Crippen LogP contribution in [-0.4, -0.2) is 23.9 Å². The van der Waals surface area contributed by atoms with Crippen molar-refractivity contribution in [2.24, 2.45) is 0 Å². The molecule has 5 heteroatoms. The highest BCUT2D eigenvalue weighted by molar-refractivity contribution is 5.38. The second-order valence-corrected chi connectivity index (χ2v) is 3.63. The van der Waals surface area contributed by atoms with Crippen molar-refractivity contribution in [2.45, 2.75) is 6.54 Å². The van der Waals surface area contributed by atoms with Crippen LogP contribution in [0.25, 0.3) is 0 Å². The zero-order chi connectivity index (χ0) is 12.3. The van der Waals surface area contributed by atoms with Crippen LogP contribution >= 0.6 is 0 Å². The molecule has 0 saturated carbocycles. The minimum atomic E-state index is -0.304. The van der Waals surface area contributed by atoms with E-state index in [1.165, 1.54) is 19.2 Å². The van der Waals surface area contributed by atoms with E-state index < -0.39 is 0 Å². The van der Waals surface area contributed by atoms with E-state index in [1.54, 1.807) is 16.9 Å². The second kappa shape index (κ2) is 4.86. The number of rotatable bonds is 4. The summed E-state index contributed by atoms with van der Waals surface area (Å²) in [6.07, 6.45) is 3.61. The first-order valence-corrected chi connectivity index (χ1v) is 5.25. The lowest BCUT2D eigenvalue weighted by molar-refractivity contribution is 0.404. The predicted octanol–water partition coefficient (Wildman–Crippen LogP) is 2.12. The molecule has 0 bridgehead atoms. The Balaban J connectivity index is 2.23. The molecular weight excluding hydrogens is 221 g/mol. The standard InChI is InChI=1S/C12H14FN3O/c1-14-11-6-15-16(8-11)7-9-3-4-10(13)5-12(9)17-2/h3-6,8,14H,7H2,1-2H3. The Morgan fingerprint density at radius 1 is 1.47 bits per heavy atom. The van der Waals surface area contributed by atoms with Gasteiger partial charge in [0.2, 0.25) is 0 Å². The van der Waals surface area contributed by atoms with Gasteiger partial charge in [-0.15, -0.1) is 0 Å². The number of halogens is 1. The molecule has 0 unspecified atom stereocenters. The normalized spacial score (nSPS) is 10.3. The zero-order valence-electron chi connectivity index (χ0n) is 9.77. The van der Waals surface area contributed by atoms with E-state index in [1.807, 2.05) is 13.2 Å². The highest BCUT2D eigenvalue weighted by Gasteiger charge is 2.06. The number of nitrogens with one attached hydrogen (secondary N) is 1. The summed E-state index contributed by atoms with van der Waals surface area (Å²) >= 11 is 0. The predicted molar refractivity (Wildman–Crippen MR) is 63.8 cm³/mol. The monoisotopic (exact) mass is 235 g/mol. The third-order valence-corrected chi connectivity index (χ3v) is 2.50. The SMILES string of the molecule is CNc1cnn(Cc2ccc(F)cc2OC)c1. The summed E-state index contributed by atoms with van der Waals surface area (Å²) in [6.45, 7) is 0.547. The zero-order valence-corrected chi connectivity index (χ0v) is 9.77. The van der Waals surface area contributed by atoms with Crippen molar-refractivity contribution in [1.82, 2.24) is 9.78 Å². The molecule has 0 atom stereocenters. The molecule has 0 radical (unpaired) electrons. The molecule has 0 aliphatic heterocycles. The number of anilines is 1. The van der Waals surface area contributed by atoms with Crippen LogP contribution in [0.2, 0.25) is 0 Å². The van der Waals surface area contributed by atoms with E-state index in [0.717, 1.165) is 11.3 Å². The third-order valence-electron chi connectivity index (χ3n) is 2.50. The summed E-state index contributed by atoms with van der Waals surface area (Å²) in [7, 11) is 3.36. The minimum absolute atomic E-state index is 0.304. The van der Waals surface area contributed by atoms with Crippen molar-refractivity contribution >= 4 is 5.69 Å². The van der Waals surface area contributed by atoms with Gasteiger partial charge in [-0.3, -0.25) is 4.68 Å². The Hall–Kier alpha value is -2.04. The van der Waals surface area contributed by atoms with Gasteiger partial charge < -0.3 is 10.1 Å². The van der Waals surface area contributed by atoms with Crippen molar-refractivity contribution in [3.63, 3.8) is 0 Å². The number of ether oxygens (including phenoxy) is 1. The Morgan fingerprint density at radius 2 is 2.29 bits per heavy atom. The van der Waals surface area contributed by atoms with Crippen molar-refractivity contribution < 1.29 is 9.13 Å². The van der Waals surface area contributed by atoms with Gasteiger partial charge >= 0.3 is 0 Å². The van der Waals surface area contributed by atoms with Crippen molar-refractivity contribution in [3.05, 3.63) is 42.0 Å². The summed E-state index contributed by atoms with van der Waals surface area (Å²) in [4.78, 5) is 0. The topological polar surface area (TPSA) is 39.1 Å². The van der Waals surface area contributed by atoms with Gasteiger partial charge in [0.25, 0.3) is 0 Å². The van der Waals surface area contributed by atoms with Crippen LogP contribution in [0.15, 0.2) is 30.6 Å². The summed E-state index contributed by atoms with van der Waals surface area (Å²) in [5, 5.41) is 7.18. The molecule has 4 nitrogen and oxygen atoms in total. The summed E-state index contributed by atoms with van der Waals surface area (Å²) in [6, 6.07) is 4.49. The third kappa shape index (κ3) is 2.55. The first-order chi connectivity index (χ1) is 8.22. The smallest absolute Gasteiger partial charge is 0.126 e. The van der Waals surface area contributed by atoms with Crippen molar-refractivity contribution in [3.8, 4) is 5.75 Å². The molecule has 1 aromatic carbocycles. The van der Waals surface area contributed by atoms with Crippen molar-refractivity contribution in [2.75, 3.05) is 19.5 Å². The molecule has 0 aliphatic carbocycles. The van der Waals surface area contributed by atoms with Crippen LogP contribution in [0, 0.1) is 5.82 Å². The largest absolute Gasteiger partial charge is 0.496 e. The fourth-order valence-electron chi connectivity index (χ4n) is 1.60. The van der Waals surface area contributed by atoms with Crippen LogP contribution < -0.4 is 10.1 Å². The molecule has 0 spiro atoms. The lowest BCUT2D eigenvalue weighted by Crippen LogP contribution is -2.02. The van der Waals surface area contributed by atoms with E-state index in [9.17, 15) is 4.39 Å². The molecule has 2 aromatic rings. The summed E-state index contributed by atoms with van der Waals surface area (Å²) in [5.74, 6) is 0.230. The molecule has 2 rings (SSSR count). The fraction of sp³-hybridized carbons (Fsp3) is 0.250. The number of hydrogen-bond donors (Lipinski definition) is 1. The Bertz CT molecular complexity index is 510. The van der Waals surface area contributed by atoms with Crippen LogP contribution in [0.1, 0.15) is 5.56 Å². The van der Waals surface area contributed by atoms with E-state index in [2.05, 4.69) is 10.4 Å². The van der Waals surface area contributed by atoms with Gasteiger partial charge in [-0.1, -0.05) is 6.07 Å². The highest BCUT2D eigenvalue weighted by Crippen LogP contribution is 2.20. The maximum atomic E-state index is 13.0. The first kappa shape index (κ1) is 11.4. The van der Waals surface area contributed by atoms with Crippen LogP contribution in [0.3, 0.4) is 0 Å². The molecular formula is C12H14FN3O. The lowest BCUT2D eigenvalue weighted by Gasteiger charge is -2.08. The number of benzene rings is 1. The number of hydrogen-bond acceptors (Lipinski definition) is 3. The maximum absolute atomic E-state index is 13.0. The molecule has 0 saturated heterocycles. The molecule has 17 heavy (non-hydrogen) atoms.